The first kappa shape index (κ1) is 9.65. The van der Waals surface area contributed by atoms with Crippen molar-refractivity contribution in [3.05, 3.63) is 11.6 Å². The normalized spacial score (nSPS) is 17.0. The minimum absolute atomic E-state index is 0.677. The summed E-state index contributed by atoms with van der Waals surface area (Å²) in [5.74, 6) is 2.84. The molecule has 1 fully saturated rings. The van der Waals surface area contributed by atoms with Crippen LogP contribution in [0.2, 0.25) is 0 Å². The van der Waals surface area contributed by atoms with Gasteiger partial charge in [0.15, 0.2) is 5.82 Å². The van der Waals surface area contributed by atoms with Crippen LogP contribution in [-0.2, 0) is 13.5 Å². The van der Waals surface area contributed by atoms with Crippen LogP contribution in [0.25, 0.3) is 0 Å². The molecule has 4 heteroatoms. The summed E-state index contributed by atoms with van der Waals surface area (Å²) in [5, 5.41) is 7.53. The maximum atomic E-state index is 4.58. The molecule has 0 spiro atoms. The predicted octanol–water partition coefficient (Wildman–Crippen LogP) is 0.844. The first-order valence-electron chi connectivity index (χ1n) is 5.35. The van der Waals surface area contributed by atoms with Gasteiger partial charge in [-0.1, -0.05) is 6.42 Å². The Kier molecular flexibility index (Phi) is 2.82. The number of aryl methyl sites for hydroxylation is 1. The quantitative estimate of drug-likeness (QED) is 0.772. The predicted molar refractivity (Wildman–Crippen MR) is 55.2 cm³/mol. The van der Waals surface area contributed by atoms with E-state index < -0.39 is 0 Å². The summed E-state index contributed by atoms with van der Waals surface area (Å²) in [4.78, 5) is 4.58. The van der Waals surface area contributed by atoms with Crippen molar-refractivity contribution >= 4 is 0 Å². The van der Waals surface area contributed by atoms with Gasteiger partial charge in [-0.05, 0) is 19.9 Å². The van der Waals surface area contributed by atoms with Crippen molar-refractivity contribution in [3.8, 4) is 0 Å². The SMILES string of the molecule is CNCCc1nc(C2CCC2)n(C)n1. The van der Waals surface area contributed by atoms with E-state index in [1.807, 2.05) is 18.8 Å². The van der Waals surface area contributed by atoms with Gasteiger partial charge in [0.05, 0.1) is 0 Å². The van der Waals surface area contributed by atoms with E-state index in [1.165, 1.54) is 25.1 Å². The fourth-order valence-corrected chi connectivity index (χ4v) is 1.82. The number of rotatable bonds is 4. The molecule has 1 N–H and O–H groups in total. The van der Waals surface area contributed by atoms with Crippen molar-refractivity contribution in [1.29, 1.82) is 0 Å². The molecule has 2 rings (SSSR count). The Bertz CT molecular complexity index is 301. The van der Waals surface area contributed by atoms with E-state index in [9.17, 15) is 0 Å². The second-order valence-corrected chi connectivity index (χ2v) is 3.99. The highest BCUT2D eigenvalue weighted by Gasteiger charge is 2.24. The summed E-state index contributed by atoms with van der Waals surface area (Å²) < 4.78 is 1.95. The molecule has 1 aromatic heterocycles. The molecular weight excluding hydrogens is 176 g/mol. The average Bonchev–Trinajstić information content (AvgIpc) is 2.42. The van der Waals surface area contributed by atoms with Gasteiger partial charge in [0.25, 0.3) is 0 Å². The van der Waals surface area contributed by atoms with E-state index in [0.29, 0.717) is 5.92 Å². The first-order chi connectivity index (χ1) is 6.81. The van der Waals surface area contributed by atoms with Crippen LogP contribution in [0.1, 0.15) is 36.8 Å². The number of nitrogens with one attached hydrogen (secondary N) is 1. The zero-order chi connectivity index (χ0) is 9.97. The second-order valence-electron chi connectivity index (χ2n) is 3.99. The van der Waals surface area contributed by atoms with Crippen molar-refractivity contribution in [2.24, 2.45) is 7.05 Å². The van der Waals surface area contributed by atoms with Crippen LogP contribution in [0.15, 0.2) is 0 Å². The number of hydrogen-bond acceptors (Lipinski definition) is 3. The lowest BCUT2D eigenvalue weighted by molar-refractivity contribution is 0.388. The highest BCUT2D eigenvalue weighted by molar-refractivity contribution is 5.03. The standard InChI is InChI=1S/C10H18N4/c1-11-7-6-9-12-10(14(2)13-9)8-4-3-5-8/h8,11H,3-7H2,1-2H3. The first-order valence-corrected chi connectivity index (χ1v) is 5.35. The third-order valence-corrected chi connectivity index (χ3v) is 2.91. The van der Waals surface area contributed by atoms with Crippen LogP contribution in [0.5, 0.6) is 0 Å². The largest absolute Gasteiger partial charge is 0.319 e. The van der Waals surface area contributed by atoms with Crippen LogP contribution in [0.3, 0.4) is 0 Å². The monoisotopic (exact) mass is 194 g/mol. The second kappa shape index (κ2) is 4.09. The molecule has 78 valence electrons. The van der Waals surface area contributed by atoms with Crippen LogP contribution < -0.4 is 5.32 Å². The van der Waals surface area contributed by atoms with E-state index in [-0.39, 0.29) is 0 Å². The van der Waals surface area contributed by atoms with Crippen LogP contribution >= 0.6 is 0 Å². The molecule has 0 unspecified atom stereocenters. The smallest absolute Gasteiger partial charge is 0.152 e. The van der Waals surface area contributed by atoms with Gasteiger partial charge in [0.1, 0.15) is 5.82 Å². The fraction of sp³-hybridized carbons (Fsp3) is 0.800. The molecule has 0 aliphatic heterocycles. The van der Waals surface area contributed by atoms with Gasteiger partial charge in [-0.2, -0.15) is 5.10 Å². The lowest BCUT2D eigenvalue weighted by Crippen LogP contribution is -2.14. The third-order valence-electron chi connectivity index (χ3n) is 2.91. The molecular formula is C10H18N4. The highest BCUT2D eigenvalue weighted by atomic mass is 15.3. The van der Waals surface area contributed by atoms with Gasteiger partial charge in [-0.25, -0.2) is 4.98 Å². The van der Waals surface area contributed by atoms with Gasteiger partial charge in [0.2, 0.25) is 0 Å². The van der Waals surface area contributed by atoms with Crippen molar-refractivity contribution in [2.45, 2.75) is 31.6 Å². The summed E-state index contributed by atoms with van der Waals surface area (Å²) in [6, 6.07) is 0. The Hall–Kier alpha value is -0.900. The summed E-state index contributed by atoms with van der Waals surface area (Å²) in [6.45, 7) is 0.952. The molecule has 0 radical (unpaired) electrons. The Labute approximate surface area is 84.7 Å². The molecule has 0 saturated heterocycles. The summed E-state index contributed by atoms with van der Waals surface area (Å²) in [7, 11) is 3.96. The molecule has 0 bridgehead atoms. The number of nitrogens with zero attached hydrogens (tertiary/aromatic N) is 3. The van der Waals surface area contributed by atoms with Crippen molar-refractivity contribution < 1.29 is 0 Å². The van der Waals surface area contributed by atoms with Crippen LogP contribution in [0, 0.1) is 0 Å². The van der Waals surface area contributed by atoms with Gasteiger partial charge in [-0.3, -0.25) is 4.68 Å². The molecule has 1 saturated carbocycles. The van der Waals surface area contributed by atoms with E-state index in [4.69, 9.17) is 0 Å². The molecule has 0 atom stereocenters. The van der Waals surface area contributed by atoms with Gasteiger partial charge >= 0.3 is 0 Å². The van der Waals surface area contributed by atoms with Gasteiger partial charge in [0, 0.05) is 25.9 Å². The van der Waals surface area contributed by atoms with Crippen molar-refractivity contribution in [1.82, 2.24) is 20.1 Å². The molecule has 1 heterocycles. The van der Waals surface area contributed by atoms with Crippen LogP contribution in [0.4, 0.5) is 0 Å². The molecule has 1 aliphatic carbocycles. The Morgan fingerprint density at radius 2 is 2.29 bits per heavy atom. The molecule has 4 nitrogen and oxygen atoms in total. The Morgan fingerprint density at radius 1 is 1.50 bits per heavy atom. The molecule has 1 aliphatic rings. The Balaban J connectivity index is 2.04. The number of hydrogen-bond donors (Lipinski definition) is 1. The van der Waals surface area contributed by atoms with E-state index in [0.717, 1.165) is 18.8 Å². The number of aromatic nitrogens is 3. The average molecular weight is 194 g/mol. The lowest BCUT2D eigenvalue weighted by atomic mass is 9.85. The number of likely N-dealkylation sites (N-methyl/N-ethyl adjacent to an activating group) is 1. The third kappa shape index (κ3) is 1.80. The molecule has 14 heavy (non-hydrogen) atoms. The minimum Gasteiger partial charge on any atom is -0.319 e. The summed E-state index contributed by atoms with van der Waals surface area (Å²) >= 11 is 0. The lowest BCUT2D eigenvalue weighted by Gasteiger charge is -2.23. The summed E-state index contributed by atoms with van der Waals surface area (Å²) in [5.41, 5.74) is 0. The maximum Gasteiger partial charge on any atom is 0.152 e. The summed E-state index contributed by atoms with van der Waals surface area (Å²) in [6.07, 6.45) is 4.86. The van der Waals surface area contributed by atoms with E-state index in [1.54, 1.807) is 0 Å². The van der Waals surface area contributed by atoms with E-state index >= 15 is 0 Å². The molecule has 1 aromatic rings. The van der Waals surface area contributed by atoms with Crippen molar-refractivity contribution in [3.63, 3.8) is 0 Å². The zero-order valence-electron chi connectivity index (χ0n) is 8.95. The Morgan fingerprint density at radius 3 is 2.86 bits per heavy atom. The molecule has 0 aromatic carbocycles. The zero-order valence-corrected chi connectivity index (χ0v) is 8.95. The van der Waals surface area contributed by atoms with Gasteiger partial charge in [-0.15, -0.1) is 0 Å². The van der Waals surface area contributed by atoms with E-state index in [2.05, 4.69) is 15.4 Å². The topological polar surface area (TPSA) is 42.7 Å². The van der Waals surface area contributed by atoms with Gasteiger partial charge < -0.3 is 5.32 Å². The maximum absolute atomic E-state index is 4.58. The highest BCUT2D eigenvalue weighted by Crippen LogP contribution is 2.34. The molecule has 0 amide bonds. The minimum atomic E-state index is 0.677. The van der Waals surface area contributed by atoms with Crippen molar-refractivity contribution in [2.75, 3.05) is 13.6 Å². The van der Waals surface area contributed by atoms with Crippen LogP contribution in [-0.4, -0.2) is 28.4 Å². The fourth-order valence-electron chi connectivity index (χ4n) is 1.82.